The van der Waals surface area contributed by atoms with Gasteiger partial charge in [0.15, 0.2) is 16.6 Å². The summed E-state index contributed by atoms with van der Waals surface area (Å²) in [5.41, 5.74) is 2.98. The zero-order valence-electron chi connectivity index (χ0n) is 14.0. The van der Waals surface area contributed by atoms with Crippen LogP contribution in [0.1, 0.15) is 11.1 Å². The second-order valence-electron chi connectivity index (χ2n) is 5.81. The number of nitriles is 1. The zero-order chi connectivity index (χ0) is 18.8. The van der Waals surface area contributed by atoms with Crippen LogP contribution in [0, 0.1) is 11.3 Å². The highest BCUT2D eigenvalue weighted by Crippen LogP contribution is 2.41. The van der Waals surface area contributed by atoms with Crippen molar-refractivity contribution in [2.75, 3.05) is 13.2 Å². The number of ether oxygens (including phenoxy) is 3. The molecule has 0 unspecified atom stereocenters. The summed E-state index contributed by atoms with van der Waals surface area (Å²) in [7, 11) is 0. The van der Waals surface area contributed by atoms with Gasteiger partial charge in [-0.1, -0.05) is 35.3 Å². The van der Waals surface area contributed by atoms with E-state index >= 15 is 0 Å². The molecule has 27 heavy (non-hydrogen) atoms. The van der Waals surface area contributed by atoms with E-state index in [0.717, 1.165) is 16.7 Å². The van der Waals surface area contributed by atoms with Crippen LogP contribution in [0.4, 0.5) is 0 Å². The van der Waals surface area contributed by atoms with Gasteiger partial charge in [0, 0.05) is 26.6 Å². The third-order valence-corrected chi connectivity index (χ3v) is 5.57. The number of benzene rings is 2. The molecule has 0 N–H and O–H groups in total. The first-order valence-corrected chi connectivity index (χ1v) is 9.77. The third kappa shape index (κ3) is 3.70. The fourth-order valence-electron chi connectivity index (χ4n) is 2.76. The maximum absolute atomic E-state index is 9.65. The number of hydrogen-bond acceptors (Lipinski definition) is 5. The molecule has 136 valence electrons. The van der Waals surface area contributed by atoms with Crippen LogP contribution in [0.15, 0.2) is 41.8 Å². The predicted molar refractivity (Wildman–Crippen MR) is 106 cm³/mol. The largest absolute Gasteiger partial charge is 0.486 e. The van der Waals surface area contributed by atoms with Gasteiger partial charge in [-0.15, -0.1) is 11.3 Å². The molecule has 3 aromatic rings. The Morgan fingerprint density at radius 1 is 1.07 bits per heavy atom. The first-order chi connectivity index (χ1) is 13.2. The Kier molecular flexibility index (Phi) is 5.13. The van der Waals surface area contributed by atoms with Crippen molar-refractivity contribution in [2.45, 2.75) is 6.61 Å². The van der Waals surface area contributed by atoms with Crippen LogP contribution in [0.2, 0.25) is 10.0 Å². The molecule has 0 spiro atoms. The monoisotopic (exact) mass is 417 g/mol. The van der Waals surface area contributed by atoms with E-state index in [-0.39, 0.29) is 6.61 Å². The van der Waals surface area contributed by atoms with Crippen molar-refractivity contribution in [3.05, 3.63) is 63.0 Å². The molecule has 0 aliphatic carbocycles. The summed E-state index contributed by atoms with van der Waals surface area (Å²) in [6, 6.07) is 13.1. The summed E-state index contributed by atoms with van der Waals surface area (Å²) in [6.07, 6.45) is 0. The molecule has 2 aromatic carbocycles. The molecule has 4 nitrogen and oxygen atoms in total. The SMILES string of the molecule is N#Cc1c(-c2ccc3c(c2)OCCO3)csc1OCc1ccc(Cl)cc1Cl. The minimum absolute atomic E-state index is 0.256. The number of rotatable bonds is 4. The normalized spacial score (nSPS) is 12.5. The minimum atomic E-state index is 0.256. The van der Waals surface area contributed by atoms with Crippen molar-refractivity contribution in [3.63, 3.8) is 0 Å². The highest BCUT2D eigenvalue weighted by Gasteiger charge is 2.18. The van der Waals surface area contributed by atoms with Gasteiger partial charge in [-0.3, -0.25) is 0 Å². The summed E-state index contributed by atoms with van der Waals surface area (Å²) in [6.45, 7) is 1.31. The van der Waals surface area contributed by atoms with Crippen molar-refractivity contribution in [2.24, 2.45) is 0 Å². The van der Waals surface area contributed by atoms with Crippen molar-refractivity contribution in [1.82, 2.24) is 0 Å². The average molecular weight is 418 g/mol. The van der Waals surface area contributed by atoms with Crippen LogP contribution >= 0.6 is 34.5 Å². The second kappa shape index (κ2) is 7.69. The van der Waals surface area contributed by atoms with Gasteiger partial charge in [0.1, 0.15) is 31.5 Å². The van der Waals surface area contributed by atoms with Gasteiger partial charge in [0.05, 0.1) is 0 Å². The third-order valence-electron chi connectivity index (χ3n) is 4.10. The van der Waals surface area contributed by atoms with E-state index in [9.17, 15) is 5.26 Å². The molecule has 1 aliphatic heterocycles. The van der Waals surface area contributed by atoms with Gasteiger partial charge in [0.2, 0.25) is 0 Å². The Balaban J connectivity index is 1.60. The van der Waals surface area contributed by atoms with Gasteiger partial charge >= 0.3 is 0 Å². The van der Waals surface area contributed by atoms with Gasteiger partial charge in [-0.05, 0) is 29.8 Å². The summed E-state index contributed by atoms with van der Waals surface area (Å²) in [5.74, 6) is 1.40. The molecule has 2 heterocycles. The molecule has 1 aromatic heterocycles. The van der Waals surface area contributed by atoms with Crippen LogP contribution in [0.3, 0.4) is 0 Å². The molecule has 0 amide bonds. The molecule has 0 saturated carbocycles. The van der Waals surface area contributed by atoms with E-state index in [1.54, 1.807) is 12.1 Å². The van der Waals surface area contributed by atoms with Gasteiger partial charge in [-0.2, -0.15) is 5.26 Å². The molecular weight excluding hydrogens is 405 g/mol. The van der Waals surface area contributed by atoms with Crippen LogP contribution in [0.5, 0.6) is 16.6 Å². The zero-order valence-corrected chi connectivity index (χ0v) is 16.3. The molecule has 1 aliphatic rings. The average Bonchev–Trinajstić information content (AvgIpc) is 3.10. The van der Waals surface area contributed by atoms with E-state index < -0.39 is 0 Å². The minimum Gasteiger partial charge on any atom is -0.486 e. The molecule has 0 fully saturated rings. The Labute approximate surface area is 170 Å². The summed E-state index contributed by atoms with van der Waals surface area (Å²) >= 11 is 13.5. The Bertz CT molecular complexity index is 1040. The summed E-state index contributed by atoms with van der Waals surface area (Å²) in [5, 5.41) is 13.2. The molecular formula is C20H13Cl2NO3S. The summed E-state index contributed by atoms with van der Waals surface area (Å²) in [4.78, 5) is 0. The van der Waals surface area contributed by atoms with Crippen LogP contribution in [-0.4, -0.2) is 13.2 Å². The van der Waals surface area contributed by atoms with Gasteiger partial charge in [-0.25, -0.2) is 0 Å². The lowest BCUT2D eigenvalue weighted by Gasteiger charge is -2.18. The number of fused-ring (bicyclic) bond motifs is 1. The molecule has 7 heteroatoms. The highest BCUT2D eigenvalue weighted by molar-refractivity contribution is 7.12. The number of halogens is 2. The highest BCUT2D eigenvalue weighted by atomic mass is 35.5. The molecule has 4 rings (SSSR count). The van der Waals surface area contributed by atoms with E-state index in [2.05, 4.69) is 6.07 Å². The Morgan fingerprint density at radius 3 is 2.67 bits per heavy atom. The predicted octanol–water partition coefficient (Wildman–Crippen LogP) is 5.94. The van der Waals surface area contributed by atoms with Crippen molar-refractivity contribution >= 4 is 34.5 Å². The number of nitrogens with zero attached hydrogens (tertiary/aromatic N) is 1. The maximum atomic E-state index is 9.65. The Morgan fingerprint density at radius 2 is 1.89 bits per heavy atom. The van der Waals surface area contributed by atoms with Crippen LogP contribution in [-0.2, 0) is 6.61 Å². The van der Waals surface area contributed by atoms with E-state index in [1.807, 2.05) is 29.6 Å². The fraction of sp³-hybridized carbons (Fsp3) is 0.150. The Hall–Kier alpha value is -2.39. The molecule has 0 radical (unpaired) electrons. The first-order valence-electron chi connectivity index (χ1n) is 8.14. The fourth-order valence-corrected chi connectivity index (χ4v) is 4.10. The smallest absolute Gasteiger partial charge is 0.192 e. The van der Waals surface area contributed by atoms with E-state index in [0.29, 0.717) is 45.4 Å². The lowest BCUT2D eigenvalue weighted by atomic mass is 10.0. The quantitative estimate of drug-likeness (QED) is 0.526. The van der Waals surface area contributed by atoms with Gasteiger partial charge < -0.3 is 14.2 Å². The van der Waals surface area contributed by atoms with Gasteiger partial charge in [0.25, 0.3) is 0 Å². The van der Waals surface area contributed by atoms with Crippen molar-refractivity contribution in [1.29, 1.82) is 5.26 Å². The first kappa shape index (κ1) is 18.0. The summed E-state index contributed by atoms with van der Waals surface area (Å²) < 4.78 is 17.0. The number of thiophene rings is 1. The maximum Gasteiger partial charge on any atom is 0.192 e. The van der Waals surface area contributed by atoms with E-state index in [1.165, 1.54) is 11.3 Å². The van der Waals surface area contributed by atoms with E-state index in [4.69, 9.17) is 37.4 Å². The van der Waals surface area contributed by atoms with Crippen molar-refractivity contribution in [3.8, 4) is 33.8 Å². The topological polar surface area (TPSA) is 51.5 Å². The molecule has 0 saturated heterocycles. The number of hydrogen-bond donors (Lipinski definition) is 0. The lowest BCUT2D eigenvalue weighted by Crippen LogP contribution is -2.15. The molecule has 0 bridgehead atoms. The second-order valence-corrected chi connectivity index (χ2v) is 7.49. The standard InChI is InChI=1S/C20H13Cl2NO3S/c21-14-3-1-13(17(22)8-14)10-26-20-15(9-23)16(11-27-20)12-2-4-18-19(7-12)25-6-5-24-18/h1-4,7-8,11H,5-6,10H2. The van der Waals surface area contributed by atoms with Crippen LogP contribution < -0.4 is 14.2 Å². The van der Waals surface area contributed by atoms with Crippen molar-refractivity contribution < 1.29 is 14.2 Å². The van der Waals surface area contributed by atoms with Crippen LogP contribution in [0.25, 0.3) is 11.1 Å². The molecule has 0 atom stereocenters. The lowest BCUT2D eigenvalue weighted by molar-refractivity contribution is 0.171.